The summed E-state index contributed by atoms with van der Waals surface area (Å²) in [7, 11) is 0. The van der Waals surface area contributed by atoms with Gasteiger partial charge in [0.2, 0.25) is 5.82 Å². The highest BCUT2D eigenvalue weighted by atomic mass is 79.9. The Kier molecular flexibility index (Phi) is 9.25. The minimum Gasteiger partial charge on any atom is -0.490 e. The predicted octanol–water partition coefficient (Wildman–Crippen LogP) is 8.59. The molecule has 1 N–H and O–H groups in total. The Hall–Kier alpha value is -4.45. The van der Waals surface area contributed by atoms with Gasteiger partial charge in [0.1, 0.15) is 5.58 Å². The second kappa shape index (κ2) is 13.5. The lowest BCUT2D eigenvalue weighted by atomic mass is 10.2. The summed E-state index contributed by atoms with van der Waals surface area (Å²) in [5.41, 5.74) is 2.92. The highest BCUT2D eigenvalue weighted by molar-refractivity contribution is 9.13. The van der Waals surface area contributed by atoms with Crippen molar-refractivity contribution in [2.24, 2.45) is 5.10 Å². The van der Waals surface area contributed by atoms with Crippen molar-refractivity contribution in [1.29, 1.82) is 0 Å². The molecule has 0 aliphatic carbocycles. The molecule has 2 heterocycles. The molecule has 1 amide bonds. The number of para-hydroxylation sites is 2. The second-order valence-electron chi connectivity index (χ2n) is 10.1. The lowest BCUT2D eigenvalue weighted by molar-refractivity contribution is -0.118. The molecule has 4 aromatic carbocycles. The van der Waals surface area contributed by atoms with Crippen LogP contribution in [0.2, 0.25) is 5.02 Å². The number of rotatable bonds is 9. The van der Waals surface area contributed by atoms with Gasteiger partial charge in [0.15, 0.2) is 23.9 Å². The summed E-state index contributed by atoms with van der Waals surface area (Å²) in [6, 6.07) is 23.3. The van der Waals surface area contributed by atoms with E-state index in [1.807, 2.05) is 44.2 Å². The van der Waals surface area contributed by atoms with Crippen LogP contribution in [0.1, 0.15) is 18.1 Å². The van der Waals surface area contributed by atoms with Gasteiger partial charge in [-0.05, 0) is 99.8 Å². The van der Waals surface area contributed by atoms with E-state index in [1.165, 1.54) is 10.9 Å². The maximum absolute atomic E-state index is 13.7. The van der Waals surface area contributed by atoms with Crippen molar-refractivity contribution in [3.05, 3.63) is 114 Å². The topological polar surface area (TPSA) is 108 Å². The van der Waals surface area contributed by atoms with E-state index < -0.39 is 0 Å². The highest BCUT2D eigenvalue weighted by Gasteiger charge is 2.20. The molecule has 232 valence electrons. The van der Waals surface area contributed by atoms with Crippen LogP contribution in [0.5, 0.6) is 11.5 Å². The number of nitrogens with zero attached hydrogens (tertiary/aromatic N) is 3. The summed E-state index contributed by atoms with van der Waals surface area (Å²) in [6.45, 7) is 3.84. The Morgan fingerprint density at radius 2 is 1.83 bits per heavy atom. The van der Waals surface area contributed by atoms with Crippen LogP contribution >= 0.6 is 43.5 Å². The zero-order chi connectivity index (χ0) is 32.4. The van der Waals surface area contributed by atoms with Crippen molar-refractivity contribution >= 4 is 83.1 Å². The van der Waals surface area contributed by atoms with E-state index in [9.17, 15) is 9.59 Å². The van der Waals surface area contributed by atoms with Gasteiger partial charge in [-0.2, -0.15) is 9.78 Å². The fraction of sp³-hybridized carbons (Fsp3) is 0.118. The van der Waals surface area contributed by atoms with Gasteiger partial charge in [0.05, 0.1) is 28.2 Å². The van der Waals surface area contributed by atoms with Gasteiger partial charge in [-0.1, -0.05) is 41.9 Å². The minimum absolute atomic E-state index is 0.215. The van der Waals surface area contributed by atoms with Crippen molar-refractivity contribution in [2.75, 3.05) is 18.5 Å². The van der Waals surface area contributed by atoms with Gasteiger partial charge in [0, 0.05) is 26.1 Å². The smallest absolute Gasteiger partial charge is 0.282 e. The van der Waals surface area contributed by atoms with E-state index >= 15 is 0 Å². The van der Waals surface area contributed by atoms with E-state index in [0.29, 0.717) is 65.6 Å². The number of carbonyl (C=O) groups is 1. The maximum atomic E-state index is 13.7. The largest absolute Gasteiger partial charge is 0.490 e. The number of furan rings is 1. The van der Waals surface area contributed by atoms with Crippen LogP contribution in [-0.4, -0.2) is 35.0 Å². The maximum Gasteiger partial charge on any atom is 0.282 e. The summed E-state index contributed by atoms with van der Waals surface area (Å²) >= 11 is 13.4. The lowest BCUT2D eigenvalue weighted by Gasteiger charge is -2.16. The first kappa shape index (κ1) is 31.5. The van der Waals surface area contributed by atoms with Crippen LogP contribution in [0, 0.1) is 6.92 Å². The number of anilines is 1. The first-order valence-corrected chi connectivity index (χ1v) is 16.1. The standard InChI is InChI=1S/C34H25Br2ClN4O5/c1-3-44-27-16-21(30(35)31(36)32(27)45-18-29(42)39-24-10-6-4-8-19(24)2)17-38-41-33(40-25-11-7-5-9-23(25)34(41)43)28-15-20-14-22(37)12-13-26(20)46-28/h4-17H,3,18H2,1-2H3,(H,39,42). The molecule has 6 aromatic rings. The molecule has 0 aliphatic heterocycles. The Bertz CT molecular complexity index is 2210. The van der Waals surface area contributed by atoms with Gasteiger partial charge >= 0.3 is 0 Å². The first-order chi connectivity index (χ1) is 22.2. The number of hydrogen-bond acceptors (Lipinski definition) is 7. The van der Waals surface area contributed by atoms with Crippen LogP contribution in [0.25, 0.3) is 33.5 Å². The van der Waals surface area contributed by atoms with E-state index in [0.717, 1.165) is 10.9 Å². The Labute approximate surface area is 285 Å². The van der Waals surface area contributed by atoms with E-state index in [2.05, 4.69) is 42.3 Å². The molecule has 0 fully saturated rings. The number of amides is 1. The van der Waals surface area contributed by atoms with E-state index in [4.69, 9.17) is 30.5 Å². The number of carbonyl (C=O) groups excluding carboxylic acids is 1. The number of fused-ring (bicyclic) bond motifs is 2. The van der Waals surface area contributed by atoms with Crippen LogP contribution in [-0.2, 0) is 4.79 Å². The first-order valence-electron chi connectivity index (χ1n) is 14.1. The molecule has 0 radical (unpaired) electrons. The minimum atomic E-state index is -0.379. The molecule has 2 aromatic heterocycles. The molecule has 0 saturated heterocycles. The van der Waals surface area contributed by atoms with Crippen molar-refractivity contribution < 1.29 is 18.7 Å². The number of halogens is 3. The van der Waals surface area contributed by atoms with Gasteiger partial charge in [-0.15, -0.1) is 0 Å². The van der Waals surface area contributed by atoms with Gasteiger partial charge in [-0.25, -0.2) is 4.98 Å². The summed E-state index contributed by atoms with van der Waals surface area (Å²) < 4.78 is 20.1. The molecule has 0 spiro atoms. The summed E-state index contributed by atoms with van der Waals surface area (Å²) in [5.74, 6) is 0.944. The van der Waals surface area contributed by atoms with Gasteiger partial charge in [-0.3, -0.25) is 9.59 Å². The fourth-order valence-electron chi connectivity index (χ4n) is 4.77. The molecule has 0 aliphatic rings. The molecule has 0 unspecified atom stereocenters. The molecule has 12 heteroatoms. The number of aromatic nitrogens is 2. The van der Waals surface area contributed by atoms with Gasteiger partial charge in [0.25, 0.3) is 11.5 Å². The zero-order valence-corrected chi connectivity index (χ0v) is 28.4. The third-order valence-corrected chi connectivity index (χ3v) is 9.37. The number of benzene rings is 4. The molecular formula is C34H25Br2ClN4O5. The van der Waals surface area contributed by atoms with Crippen LogP contribution in [0.3, 0.4) is 0 Å². The number of hydrogen-bond donors (Lipinski definition) is 1. The summed E-state index contributed by atoms with van der Waals surface area (Å²) in [5, 5.41) is 9.14. The molecule has 46 heavy (non-hydrogen) atoms. The molecule has 9 nitrogen and oxygen atoms in total. The zero-order valence-electron chi connectivity index (χ0n) is 24.5. The fourth-order valence-corrected chi connectivity index (χ4v) is 5.88. The van der Waals surface area contributed by atoms with Crippen LogP contribution in [0.4, 0.5) is 5.69 Å². The van der Waals surface area contributed by atoms with Crippen molar-refractivity contribution in [2.45, 2.75) is 13.8 Å². The normalized spacial score (nSPS) is 11.4. The third kappa shape index (κ3) is 6.44. The third-order valence-electron chi connectivity index (χ3n) is 6.99. The Morgan fingerprint density at radius 3 is 2.63 bits per heavy atom. The van der Waals surface area contributed by atoms with Crippen molar-refractivity contribution in [1.82, 2.24) is 9.66 Å². The summed E-state index contributed by atoms with van der Waals surface area (Å²) in [6.07, 6.45) is 1.51. The average molecular weight is 765 g/mol. The molecular weight excluding hydrogens is 740 g/mol. The monoisotopic (exact) mass is 762 g/mol. The van der Waals surface area contributed by atoms with Crippen molar-refractivity contribution in [3.63, 3.8) is 0 Å². The Balaban J connectivity index is 1.37. The van der Waals surface area contributed by atoms with Crippen LogP contribution < -0.4 is 20.3 Å². The molecule has 0 atom stereocenters. The molecule has 0 saturated carbocycles. The van der Waals surface area contributed by atoms with Crippen molar-refractivity contribution in [3.8, 4) is 23.1 Å². The average Bonchev–Trinajstić information content (AvgIpc) is 3.47. The van der Waals surface area contributed by atoms with E-state index in [-0.39, 0.29) is 23.9 Å². The SMILES string of the molecule is CCOc1cc(C=Nn2c(-c3cc4cc(Cl)ccc4o3)nc3ccccc3c2=O)c(Br)c(Br)c1OCC(=O)Nc1ccccc1C. The van der Waals surface area contributed by atoms with Gasteiger partial charge < -0.3 is 19.2 Å². The molecule has 6 rings (SSSR count). The summed E-state index contributed by atoms with van der Waals surface area (Å²) in [4.78, 5) is 31.2. The quantitative estimate of drug-likeness (QED) is 0.148. The lowest BCUT2D eigenvalue weighted by Crippen LogP contribution is -2.21. The second-order valence-corrected chi connectivity index (χ2v) is 12.1. The highest BCUT2D eigenvalue weighted by Crippen LogP contribution is 2.42. The number of aryl methyl sites for hydroxylation is 1. The van der Waals surface area contributed by atoms with E-state index in [1.54, 1.807) is 48.5 Å². The van der Waals surface area contributed by atoms with Crippen LogP contribution in [0.15, 0.2) is 102 Å². The molecule has 0 bridgehead atoms. The Morgan fingerprint density at radius 1 is 1.04 bits per heavy atom. The number of ether oxygens (including phenoxy) is 2. The number of nitrogens with one attached hydrogen (secondary N) is 1. The predicted molar refractivity (Wildman–Crippen MR) is 188 cm³/mol.